The summed E-state index contributed by atoms with van der Waals surface area (Å²) in [5, 5.41) is 3.30. The molecule has 0 aliphatic carbocycles. The Kier molecular flexibility index (Phi) is 8.51. The van der Waals surface area contributed by atoms with Gasteiger partial charge in [-0.2, -0.15) is 0 Å². The fourth-order valence-electron chi connectivity index (χ4n) is 2.02. The van der Waals surface area contributed by atoms with Gasteiger partial charge in [-0.05, 0) is 30.5 Å². The lowest BCUT2D eigenvalue weighted by Gasteiger charge is -2.18. The highest BCUT2D eigenvalue weighted by atomic mass is 16.5. The minimum Gasteiger partial charge on any atom is -0.379 e. The third kappa shape index (κ3) is 6.04. The zero-order valence-corrected chi connectivity index (χ0v) is 13.3. The monoisotopic (exact) mass is 279 g/mol. The Hall–Kier alpha value is -0.900. The second-order valence-corrected chi connectivity index (χ2v) is 5.35. The quantitative estimate of drug-likeness (QED) is 0.665. The predicted octanol–water partition coefficient (Wildman–Crippen LogP) is 3.51. The molecule has 0 radical (unpaired) electrons. The van der Waals surface area contributed by atoms with Crippen molar-refractivity contribution in [3.8, 4) is 0 Å². The molecular weight excluding hydrogens is 250 g/mol. The van der Waals surface area contributed by atoms with Crippen LogP contribution in [-0.2, 0) is 9.47 Å². The number of hydrogen-bond acceptors (Lipinski definition) is 3. The Morgan fingerprint density at radius 2 is 1.55 bits per heavy atom. The molecule has 1 unspecified atom stereocenters. The normalized spacial score (nSPS) is 12.8. The van der Waals surface area contributed by atoms with Crippen LogP contribution >= 0.6 is 0 Å². The number of benzene rings is 1. The van der Waals surface area contributed by atoms with Gasteiger partial charge in [0.2, 0.25) is 0 Å². The number of nitrogens with one attached hydrogen (secondary N) is 1. The SMILES string of the molecule is CCCOCCOCC(NC)c1ccc(C(C)C)cc1. The van der Waals surface area contributed by atoms with Crippen LogP contribution in [0.4, 0.5) is 0 Å². The van der Waals surface area contributed by atoms with Crippen molar-refractivity contribution < 1.29 is 9.47 Å². The van der Waals surface area contributed by atoms with Gasteiger partial charge in [0.05, 0.1) is 25.9 Å². The van der Waals surface area contributed by atoms with Crippen molar-refractivity contribution in [2.24, 2.45) is 0 Å². The Bertz CT molecular complexity index is 349. The molecule has 3 nitrogen and oxygen atoms in total. The number of ether oxygens (including phenoxy) is 2. The molecule has 0 saturated carbocycles. The Morgan fingerprint density at radius 1 is 0.950 bits per heavy atom. The van der Waals surface area contributed by atoms with Crippen LogP contribution < -0.4 is 5.32 Å². The van der Waals surface area contributed by atoms with Gasteiger partial charge in [0.25, 0.3) is 0 Å². The average Bonchev–Trinajstić information content (AvgIpc) is 2.47. The fraction of sp³-hybridized carbons (Fsp3) is 0.647. The van der Waals surface area contributed by atoms with E-state index in [0.29, 0.717) is 25.7 Å². The molecule has 20 heavy (non-hydrogen) atoms. The second kappa shape index (κ2) is 9.92. The van der Waals surface area contributed by atoms with Gasteiger partial charge in [-0.1, -0.05) is 45.0 Å². The molecule has 0 amide bonds. The van der Waals surface area contributed by atoms with E-state index in [1.807, 2.05) is 7.05 Å². The van der Waals surface area contributed by atoms with Crippen molar-refractivity contribution in [1.82, 2.24) is 5.32 Å². The average molecular weight is 279 g/mol. The standard InChI is InChI=1S/C17H29NO2/c1-5-10-19-11-12-20-13-17(18-4)16-8-6-15(7-9-16)14(2)3/h6-9,14,17-18H,5,10-13H2,1-4H3. The molecule has 114 valence electrons. The van der Waals surface area contributed by atoms with E-state index >= 15 is 0 Å². The van der Waals surface area contributed by atoms with Crippen LogP contribution in [0, 0.1) is 0 Å². The maximum absolute atomic E-state index is 5.68. The molecule has 1 atom stereocenters. The highest BCUT2D eigenvalue weighted by molar-refractivity contribution is 5.26. The van der Waals surface area contributed by atoms with Crippen molar-refractivity contribution in [1.29, 1.82) is 0 Å². The molecule has 1 aromatic rings. The Labute approximate surface area is 123 Å². The van der Waals surface area contributed by atoms with Gasteiger partial charge in [-0.3, -0.25) is 0 Å². The maximum atomic E-state index is 5.68. The first-order chi connectivity index (χ1) is 9.69. The van der Waals surface area contributed by atoms with Crippen molar-refractivity contribution in [2.45, 2.75) is 39.2 Å². The van der Waals surface area contributed by atoms with Gasteiger partial charge in [0.1, 0.15) is 0 Å². The second-order valence-electron chi connectivity index (χ2n) is 5.35. The van der Waals surface area contributed by atoms with Crippen LogP contribution in [0.25, 0.3) is 0 Å². The lowest BCUT2D eigenvalue weighted by Crippen LogP contribution is -2.22. The van der Waals surface area contributed by atoms with E-state index in [1.165, 1.54) is 11.1 Å². The van der Waals surface area contributed by atoms with E-state index in [1.54, 1.807) is 0 Å². The van der Waals surface area contributed by atoms with Crippen LogP contribution in [0.15, 0.2) is 24.3 Å². The van der Waals surface area contributed by atoms with Crippen LogP contribution in [-0.4, -0.2) is 33.5 Å². The van der Waals surface area contributed by atoms with Gasteiger partial charge in [0, 0.05) is 6.61 Å². The minimum absolute atomic E-state index is 0.238. The van der Waals surface area contributed by atoms with Crippen LogP contribution in [0.3, 0.4) is 0 Å². The van der Waals surface area contributed by atoms with E-state index in [2.05, 4.69) is 50.4 Å². The molecule has 1 N–H and O–H groups in total. The lowest BCUT2D eigenvalue weighted by molar-refractivity contribution is 0.0399. The van der Waals surface area contributed by atoms with Gasteiger partial charge < -0.3 is 14.8 Å². The number of rotatable bonds is 10. The zero-order chi connectivity index (χ0) is 14.8. The molecule has 0 bridgehead atoms. The van der Waals surface area contributed by atoms with Crippen molar-refractivity contribution >= 4 is 0 Å². The van der Waals surface area contributed by atoms with Crippen LogP contribution in [0.1, 0.15) is 50.3 Å². The third-order valence-corrected chi connectivity index (χ3v) is 3.36. The molecule has 0 spiro atoms. The van der Waals surface area contributed by atoms with E-state index < -0.39 is 0 Å². The molecule has 0 fully saturated rings. The first kappa shape index (κ1) is 17.2. The Morgan fingerprint density at radius 3 is 2.10 bits per heavy atom. The van der Waals surface area contributed by atoms with Crippen molar-refractivity contribution in [3.63, 3.8) is 0 Å². The molecule has 0 aliphatic rings. The summed E-state index contributed by atoms with van der Waals surface area (Å²) in [5.41, 5.74) is 2.64. The number of hydrogen-bond donors (Lipinski definition) is 1. The number of likely N-dealkylation sites (N-methyl/N-ethyl adjacent to an activating group) is 1. The highest BCUT2D eigenvalue weighted by Crippen LogP contribution is 2.18. The van der Waals surface area contributed by atoms with Gasteiger partial charge in [-0.15, -0.1) is 0 Å². The summed E-state index contributed by atoms with van der Waals surface area (Å²) in [5.74, 6) is 0.573. The van der Waals surface area contributed by atoms with E-state index in [4.69, 9.17) is 9.47 Å². The maximum Gasteiger partial charge on any atom is 0.0701 e. The molecule has 0 aromatic heterocycles. The van der Waals surface area contributed by atoms with Gasteiger partial charge in [0.15, 0.2) is 0 Å². The summed E-state index contributed by atoms with van der Waals surface area (Å²) in [7, 11) is 1.97. The summed E-state index contributed by atoms with van der Waals surface area (Å²) >= 11 is 0. The van der Waals surface area contributed by atoms with Crippen LogP contribution in [0.2, 0.25) is 0 Å². The van der Waals surface area contributed by atoms with Gasteiger partial charge >= 0.3 is 0 Å². The summed E-state index contributed by atoms with van der Waals surface area (Å²) in [6.07, 6.45) is 1.06. The summed E-state index contributed by atoms with van der Waals surface area (Å²) in [4.78, 5) is 0. The molecule has 1 aromatic carbocycles. The van der Waals surface area contributed by atoms with Crippen molar-refractivity contribution in [2.75, 3.05) is 33.5 Å². The molecule has 1 rings (SSSR count). The van der Waals surface area contributed by atoms with E-state index in [0.717, 1.165) is 13.0 Å². The molecule has 3 heteroatoms. The molecule has 0 saturated heterocycles. The first-order valence-electron chi connectivity index (χ1n) is 7.61. The first-order valence-corrected chi connectivity index (χ1v) is 7.61. The van der Waals surface area contributed by atoms with E-state index in [9.17, 15) is 0 Å². The summed E-state index contributed by atoms with van der Waals surface area (Å²) in [6.45, 7) is 9.36. The molecule has 0 heterocycles. The third-order valence-electron chi connectivity index (χ3n) is 3.36. The minimum atomic E-state index is 0.238. The summed E-state index contributed by atoms with van der Waals surface area (Å²) in [6, 6.07) is 9.02. The zero-order valence-electron chi connectivity index (χ0n) is 13.3. The Balaban J connectivity index is 2.37. The fourth-order valence-corrected chi connectivity index (χ4v) is 2.02. The topological polar surface area (TPSA) is 30.5 Å². The smallest absolute Gasteiger partial charge is 0.0701 e. The van der Waals surface area contributed by atoms with E-state index in [-0.39, 0.29) is 6.04 Å². The predicted molar refractivity (Wildman–Crippen MR) is 84.3 cm³/mol. The molecule has 0 aliphatic heterocycles. The lowest BCUT2D eigenvalue weighted by atomic mass is 9.99. The molecular formula is C17H29NO2. The summed E-state index contributed by atoms with van der Waals surface area (Å²) < 4.78 is 11.1. The van der Waals surface area contributed by atoms with Gasteiger partial charge in [-0.25, -0.2) is 0 Å². The van der Waals surface area contributed by atoms with Crippen LogP contribution in [0.5, 0.6) is 0 Å². The largest absolute Gasteiger partial charge is 0.379 e. The highest BCUT2D eigenvalue weighted by Gasteiger charge is 2.09. The van der Waals surface area contributed by atoms with Crippen molar-refractivity contribution in [3.05, 3.63) is 35.4 Å².